The van der Waals surface area contributed by atoms with E-state index in [2.05, 4.69) is 15.9 Å². The Hall–Kier alpha value is -1.58. The largest absolute Gasteiger partial charge is 0.464 e. The molecule has 0 saturated carbocycles. The highest BCUT2D eigenvalue weighted by Gasteiger charge is 2.74. The van der Waals surface area contributed by atoms with Gasteiger partial charge in [0.05, 0.1) is 6.61 Å². The van der Waals surface area contributed by atoms with Crippen molar-refractivity contribution in [2.24, 2.45) is 0 Å². The molecule has 1 N–H and O–H groups in total. The number of carbonyl (C=O) groups excluding carboxylic acids is 3. The molecular formula is C21H26BrNO6S. The molecule has 2 heterocycles. The van der Waals surface area contributed by atoms with Crippen LogP contribution in [0.15, 0.2) is 30.3 Å². The molecule has 1 aromatic rings. The Morgan fingerprint density at radius 2 is 1.93 bits per heavy atom. The minimum absolute atomic E-state index is 0.107. The molecule has 7 nitrogen and oxygen atoms in total. The van der Waals surface area contributed by atoms with Crippen molar-refractivity contribution in [3.8, 4) is 0 Å². The van der Waals surface area contributed by atoms with Crippen molar-refractivity contribution in [2.75, 3.05) is 6.61 Å². The van der Waals surface area contributed by atoms with E-state index in [0.717, 1.165) is 12.0 Å². The average molecular weight is 500 g/mol. The van der Waals surface area contributed by atoms with Crippen molar-refractivity contribution in [3.63, 3.8) is 0 Å². The standard InChI is InChI=1S/C21H26BrNO6S/c1-4-5-11-28-17(26)15(24)21(22)18(27)23-14(20(2,3)30-19(21)23)16(25)29-12-13-9-7-6-8-10-13/h6-10,14-15,19,24H,4-5,11-12H2,1-3H3/t14-,15?,19+,21?/m0/s1. The van der Waals surface area contributed by atoms with Gasteiger partial charge in [-0.05, 0) is 25.8 Å². The topological polar surface area (TPSA) is 93.1 Å². The number of halogens is 1. The lowest BCUT2D eigenvalue weighted by atomic mass is 9.87. The summed E-state index contributed by atoms with van der Waals surface area (Å²) in [4.78, 5) is 39.5. The van der Waals surface area contributed by atoms with Gasteiger partial charge < -0.3 is 19.5 Å². The number of carbonyl (C=O) groups is 3. The molecule has 0 radical (unpaired) electrons. The monoisotopic (exact) mass is 499 g/mol. The number of fused-ring (bicyclic) bond motifs is 1. The van der Waals surface area contributed by atoms with E-state index in [9.17, 15) is 19.5 Å². The number of unbranched alkanes of at least 4 members (excludes halogenated alkanes) is 1. The molecule has 2 aliphatic rings. The Bertz CT molecular complexity index is 819. The lowest BCUT2D eigenvalue weighted by molar-refractivity contribution is -0.174. The summed E-state index contributed by atoms with van der Waals surface area (Å²) in [7, 11) is 0. The molecule has 2 saturated heterocycles. The van der Waals surface area contributed by atoms with Gasteiger partial charge in [0.2, 0.25) is 5.91 Å². The van der Waals surface area contributed by atoms with Crippen LogP contribution in [0.2, 0.25) is 0 Å². The van der Waals surface area contributed by atoms with Crippen molar-refractivity contribution < 1.29 is 29.0 Å². The first-order chi connectivity index (χ1) is 14.1. The van der Waals surface area contributed by atoms with Gasteiger partial charge >= 0.3 is 11.9 Å². The predicted molar refractivity (Wildman–Crippen MR) is 116 cm³/mol. The van der Waals surface area contributed by atoms with E-state index in [1.165, 1.54) is 16.7 Å². The molecule has 9 heteroatoms. The number of aliphatic hydroxyl groups is 1. The fourth-order valence-corrected chi connectivity index (χ4v) is 6.19. The second-order valence-electron chi connectivity index (χ2n) is 7.97. The number of β-lactam (4-membered cyclic amide) rings is 1. The van der Waals surface area contributed by atoms with Gasteiger partial charge in [-0.3, -0.25) is 4.79 Å². The molecule has 0 aliphatic carbocycles. The van der Waals surface area contributed by atoms with Crippen LogP contribution in [0.1, 0.15) is 39.2 Å². The summed E-state index contributed by atoms with van der Waals surface area (Å²) >= 11 is 4.65. The molecule has 0 aromatic heterocycles. The molecule has 2 fully saturated rings. The number of hydrogen-bond donors (Lipinski definition) is 1. The van der Waals surface area contributed by atoms with Crippen LogP contribution in [0.4, 0.5) is 0 Å². The van der Waals surface area contributed by atoms with Gasteiger partial charge in [0.1, 0.15) is 18.0 Å². The van der Waals surface area contributed by atoms with Gasteiger partial charge in [0, 0.05) is 4.75 Å². The van der Waals surface area contributed by atoms with Crippen LogP contribution in [-0.2, 0) is 30.5 Å². The summed E-state index contributed by atoms with van der Waals surface area (Å²) in [6, 6.07) is 8.46. The van der Waals surface area contributed by atoms with Crippen LogP contribution in [0.5, 0.6) is 0 Å². The number of aliphatic hydroxyl groups excluding tert-OH is 1. The Morgan fingerprint density at radius 3 is 2.57 bits per heavy atom. The molecular weight excluding hydrogens is 474 g/mol. The highest BCUT2D eigenvalue weighted by molar-refractivity contribution is 9.10. The number of esters is 2. The number of alkyl halides is 1. The molecule has 2 aliphatic heterocycles. The SMILES string of the molecule is CCCCOC(=O)C(O)C1(Br)C(=O)N2[C@@H](C(=O)OCc3ccccc3)C(C)(C)S[C@@H]21. The summed E-state index contributed by atoms with van der Waals surface area (Å²) in [5.74, 6) is -1.88. The zero-order valence-electron chi connectivity index (χ0n) is 17.2. The van der Waals surface area contributed by atoms with Crippen LogP contribution in [-0.4, -0.2) is 61.1 Å². The minimum Gasteiger partial charge on any atom is -0.464 e. The van der Waals surface area contributed by atoms with E-state index >= 15 is 0 Å². The normalized spacial score (nSPS) is 27.8. The summed E-state index contributed by atoms with van der Waals surface area (Å²) in [6.07, 6.45) is -0.144. The van der Waals surface area contributed by atoms with Crippen LogP contribution in [0, 0.1) is 0 Å². The van der Waals surface area contributed by atoms with Gasteiger partial charge in [-0.25, -0.2) is 9.59 Å². The zero-order valence-corrected chi connectivity index (χ0v) is 19.6. The van der Waals surface area contributed by atoms with Crippen molar-refractivity contribution in [1.82, 2.24) is 4.90 Å². The molecule has 1 aromatic carbocycles. The van der Waals surface area contributed by atoms with Crippen molar-refractivity contribution in [1.29, 1.82) is 0 Å². The quantitative estimate of drug-likeness (QED) is 0.254. The van der Waals surface area contributed by atoms with Crippen LogP contribution < -0.4 is 0 Å². The number of thioether (sulfide) groups is 1. The van der Waals surface area contributed by atoms with Crippen molar-refractivity contribution >= 4 is 45.5 Å². The van der Waals surface area contributed by atoms with Gasteiger partial charge in [-0.15, -0.1) is 11.8 Å². The lowest BCUT2D eigenvalue weighted by Gasteiger charge is -2.51. The van der Waals surface area contributed by atoms with Gasteiger partial charge in [0.15, 0.2) is 10.4 Å². The number of amides is 1. The van der Waals surface area contributed by atoms with Gasteiger partial charge in [-0.1, -0.05) is 59.6 Å². The number of nitrogens with zero attached hydrogens (tertiary/aromatic N) is 1. The summed E-state index contributed by atoms with van der Waals surface area (Å²) in [5, 5.41) is 9.97. The van der Waals surface area contributed by atoms with E-state index in [1.54, 1.807) is 0 Å². The molecule has 164 valence electrons. The summed E-state index contributed by atoms with van der Waals surface area (Å²) in [6.45, 7) is 5.94. The van der Waals surface area contributed by atoms with Crippen molar-refractivity contribution in [2.45, 2.75) is 66.8 Å². The molecule has 0 bridgehead atoms. The molecule has 2 unspecified atom stereocenters. The van der Waals surface area contributed by atoms with E-state index in [1.807, 2.05) is 51.1 Å². The highest BCUT2D eigenvalue weighted by Crippen LogP contribution is 2.59. The first kappa shape index (κ1) is 23.1. The second kappa shape index (κ2) is 8.88. The highest BCUT2D eigenvalue weighted by atomic mass is 79.9. The smallest absolute Gasteiger partial charge is 0.337 e. The summed E-state index contributed by atoms with van der Waals surface area (Å²) in [5.41, 5.74) is 0.848. The molecule has 30 heavy (non-hydrogen) atoms. The van der Waals surface area contributed by atoms with Crippen LogP contribution in [0.25, 0.3) is 0 Å². The third-order valence-corrected chi connectivity index (χ3v) is 8.50. The third-order valence-electron chi connectivity index (χ3n) is 5.34. The number of ether oxygens (including phenoxy) is 2. The molecule has 1 amide bonds. The summed E-state index contributed by atoms with van der Waals surface area (Å²) < 4.78 is 8.38. The molecule has 4 atom stereocenters. The average Bonchev–Trinajstić information content (AvgIpc) is 3.00. The van der Waals surface area contributed by atoms with E-state index in [4.69, 9.17) is 9.47 Å². The minimum atomic E-state index is -1.66. The zero-order chi connectivity index (χ0) is 22.1. The molecule has 3 rings (SSSR count). The number of hydrogen-bond acceptors (Lipinski definition) is 7. The van der Waals surface area contributed by atoms with Gasteiger partial charge in [0.25, 0.3) is 0 Å². The van der Waals surface area contributed by atoms with Crippen LogP contribution in [0.3, 0.4) is 0 Å². The van der Waals surface area contributed by atoms with Crippen LogP contribution >= 0.6 is 27.7 Å². The van der Waals surface area contributed by atoms with E-state index < -0.39 is 44.4 Å². The Labute approximate surface area is 188 Å². The fraction of sp³-hybridized carbons (Fsp3) is 0.571. The number of rotatable bonds is 8. The third kappa shape index (κ3) is 3.99. The van der Waals surface area contributed by atoms with Crippen molar-refractivity contribution in [3.05, 3.63) is 35.9 Å². The van der Waals surface area contributed by atoms with E-state index in [0.29, 0.717) is 6.42 Å². The maximum atomic E-state index is 13.0. The Kier molecular flexibility index (Phi) is 6.84. The molecule has 0 spiro atoms. The maximum Gasteiger partial charge on any atom is 0.337 e. The Balaban J connectivity index is 1.71. The first-order valence-corrected chi connectivity index (χ1v) is 11.6. The van der Waals surface area contributed by atoms with E-state index in [-0.39, 0.29) is 13.2 Å². The maximum absolute atomic E-state index is 13.0. The first-order valence-electron chi connectivity index (χ1n) is 9.89. The number of benzene rings is 1. The lowest BCUT2D eigenvalue weighted by Crippen LogP contribution is -2.75. The second-order valence-corrected chi connectivity index (χ2v) is 11.0. The van der Waals surface area contributed by atoms with Gasteiger partial charge in [-0.2, -0.15) is 0 Å². The Morgan fingerprint density at radius 1 is 1.27 bits per heavy atom. The fourth-order valence-electron chi connectivity index (χ4n) is 3.65. The predicted octanol–water partition coefficient (Wildman–Crippen LogP) is 2.63.